The molecular formula is C100H99FN4O21S. The summed E-state index contributed by atoms with van der Waals surface area (Å²) < 4.78 is 37.8. The van der Waals surface area contributed by atoms with Crippen LogP contribution < -0.4 is 21.7 Å². The Hall–Kier alpha value is -12.8. The molecule has 0 amide bonds. The fourth-order valence-electron chi connectivity index (χ4n) is 18.1. The van der Waals surface area contributed by atoms with Gasteiger partial charge in [0.15, 0.2) is 16.3 Å². The summed E-state index contributed by atoms with van der Waals surface area (Å²) in [6.07, 6.45) is 8.22. The Morgan fingerprint density at radius 3 is 1.18 bits per heavy atom. The summed E-state index contributed by atoms with van der Waals surface area (Å²) in [5.41, 5.74) is 3.83. The first kappa shape index (κ1) is 89.1. The molecule has 4 aliphatic rings. The molecule has 18 rings (SSSR count). The number of likely N-dealkylation sites (N-methyl/N-ethyl adjacent to an activating group) is 4. The number of aryl methyl sites for hydroxylation is 3. The van der Waals surface area contributed by atoms with Gasteiger partial charge in [-0.15, -0.1) is 11.3 Å². The Labute approximate surface area is 731 Å². The predicted molar refractivity (Wildman–Crippen MR) is 490 cm³/mol. The quantitative estimate of drug-likeness (QED) is 0.0505. The van der Waals surface area contributed by atoms with Crippen molar-refractivity contribution in [3.63, 3.8) is 0 Å². The molecule has 0 aliphatic carbocycles. The molecule has 127 heavy (non-hydrogen) atoms. The van der Waals surface area contributed by atoms with Gasteiger partial charge < -0.3 is 104 Å². The number of hydrogen-bond acceptors (Lipinski definition) is 26. The maximum Gasteiger partial charge on any atom is 0.202 e. The van der Waals surface area contributed by atoms with Gasteiger partial charge in [-0.1, -0.05) is 109 Å². The molecule has 25 nitrogen and oxygen atoms in total. The molecule has 0 saturated carbocycles. The molecule has 4 saturated heterocycles. The SMILES string of the molecule is CN1CCC(c2c(O)cc(O)c3c(=O)cc(/C=C/c4c5ccccc5cc5ccccc45)oc23)C(O)C1.CN1CCC(c2c(O)cc(O)c3c(=O)cc(/C=C/c4ccccc4F)oc23)C(O)C1.Cc1cc(C(O)c2c(C)oc3c(C4CCN(C)CC4O)c(O)cc(O)c3c2=O)cs1.Cc1cccc(/C=C/c2cc(=O)c3c(O)cc(O)c(C4CCN(C)CC4O)c3o2)c1. The highest BCUT2D eigenvalue weighted by molar-refractivity contribution is 7.10. The van der Waals surface area contributed by atoms with E-state index in [-0.39, 0.29) is 95.5 Å². The number of halogens is 1. The first-order valence-electron chi connectivity index (χ1n) is 41.8. The highest BCUT2D eigenvalue weighted by Gasteiger charge is 2.39. The molecule has 9 heterocycles. The third-order valence-electron chi connectivity index (χ3n) is 24.4. The molecule has 9 atom stereocenters. The molecule has 0 bridgehead atoms. The molecule has 14 aromatic rings. The van der Waals surface area contributed by atoms with Crippen molar-refractivity contribution in [3.8, 4) is 46.0 Å². The lowest BCUT2D eigenvalue weighted by atomic mass is 9.85. The second-order valence-electron chi connectivity index (χ2n) is 33.5. The van der Waals surface area contributed by atoms with Crippen molar-refractivity contribution in [3.05, 3.63) is 287 Å². The summed E-state index contributed by atoms with van der Waals surface area (Å²) in [6.45, 7) is 10.1. The van der Waals surface area contributed by atoms with Gasteiger partial charge in [-0.05, 0) is 187 Å². The van der Waals surface area contributed by atoms with Crippen molar-refractivity contribution < 1.29 is 88.4 Å². The molecule has 9 unspecified atom stereocenters. The van der Waals surface area contributed by atoms with Crippen molar-refractivity contribution >= 4 is 113 Å². The number of likely N-dealkylation sites (tertiary alicyclic amines) is 4. The highest BCUT2D eigenvalue weighted by Crippen LogP contribution is 2.48. The van der Waals surface area contributed by atoms with Gasteiger partial charge >= 0.3 is 0 Å². The number of aromatic hydroxyl groups is 8. The van der Waals surface area contributed by atoms with Crippen LogP contribution in [0, 0.1) is 26.6 Å². The van der Waals surface area contributed by atoms with E-state index in [1.807, 2.05) is 122 Å². The summed E-state index contributed by atoms with van der Waals surface area (Å²) in [5, 5.41) is 143. The smallest absolute Gasteiger partial charge is 0.202 e. The van der Waals surface area contributed by atoms with E-state index >= 15 is 0 Å². The second kappa shape index (κ2) is 37.4. The summed E-state index contributed by atoms with van der Waals surface area (Å²) in [5.74, 6) is -3.53. The van der Waals surface area contributed by atoms with E-state index in [2.05, 4.69) is 30.3 Å². The first-order valence-corrected chi connectivity index (χ1v) is 42.7. The normalized spacial score (nSPS) is 20.1. The van der Waals surface area contributed by atoms with Gasteiger partial charge in [0.1, 0.15) is 125 Å². The van der Waals surface area contributed by atoms with Crippen molar-refractivity contribution in [2.45, 2.75) is 101 Å². The first-order chi connectivity index (χ1) is 60.8. The molecule has 5 aromatic heterocycles. The molecule has 27 heteroatoms. The lowest BCUT2D eigenvalue weighted by Crippen LogP contribution is -2.40. The summed E-state index contributed by atoms with van der Waals surface area (Å²) in [6, 6.07) is 42.7. The van der Waals surface area contributed by atoms with Crippen molar-refractivity contribution in [2.75, 3.05) is 80.5 Å². The zero-order valence-electron chi connectivity index (χ0n) is 70.8. The number of piperidine rings is 4. The van der Waals surface area contributed by atoms with Gasteiger partial charge in [0.25, 0.3) is 0 Å². The maximum absolute atomic E-state index is 13.9. The summed E-state index contributed by atoms with van der Waals surface area (Å²) >= 11 is 1.46. The van der Waals surface area contributed by atoms with Crippen LogP contribution in [0.25, 0.3) is 102 Å². The van der Waals surface area contributed by atoms with Crippen LogP contribution in [-0.2, 0) is 0 Å². The van der Waals surface area contributed by atoms with Crippen LogP contribution in [0.5, 0.6) is 46.0 Å². The van der Waals surface area contributed by atoms with Gasteiger partial charge in [0, 0.05) is 125 Å². The number of benzene rings is 9. The maximum atomic E-state index is 13.9. The van der Waals surface area contributed by atoms with E-state index in [0.29, 0.717) is 110 Å². The summed E-state index contributed by atoms with van der Waals surface area (Å²) in [4.78, 5) is 60.9. The largest absolute Gasteiger partial charge is 0.507 e. The van der Waals surface area contributed by atoms with Crippen LogP contribution in [0.3, 0.4) is 0 Å². The highest BCUT2D eigenvalue weighted by atomic mass is 32.1. The van der Waals surface area contributed by atoms with E-state index in [9.17, 15) is 90.0 Å². The minimum Gasteiger partial charge on any atom is -0.507 e. The van der Waals surface area contributed by atoms with E-state index in [4.69, 9.17) is 17.7 Å². The third-order valence-corrected chi connectivity index (χ3v) is 25.3. The van der Waals surface area contributed by atoms with Crippen LogP contribution in [-0.4, -0.2) is 191 Å². The number of rotatable bonds is 12. The molecule has 0 spiro atoms. The number of fused-ring (bicyclic) bond motifs is 6. The Kier molecular flexibility index (Phi) is 26.2. The number of aliphatic hydroxyl groups excluding tert-OH is 5. The fraction of sp³-hybridized carbons (Fsp3) is 0.280. The van der Waals surface area contributed by atoms with Gasteiger partial charge in [0.05, 0.1) is 30.0 Å². The van der Waals surface area contributed by atoms with Crippen molar-refractivity contribution in [1.82, 2.24) is 19.6 Å². The van der Waals surface area contributed by atoms with Crippen molar-refractivity contribution in [2.24, 2.45) is 0 Å². The van der Waals surface area contributed by atoms with Gasteiger partial charge in [0.2, 0.25) is 5.43 Å². The molecule has 658 valence electrons. The van der Waals surface area contributed by atoms with E-state index in [1.165, 1.54) is 47.8 Å². The number of nitrogens with zero attached hydrogens (tertiary/aromatic N) is 4. The number of phenolic OH excluding ortho intramolecular Hbond substituents is 8. The van der Waals surface area contributed by atoms with Crippen LogP contribution in [0.2, 0.25) is 0 Å². The van der Waals surface area contributed by atoms with Gasteiger partial charge in [-0.25, -0.2) is 4.39 Å². The zero-order chi connectivity index (χ0) is 90.2. The van der Waals surface area contributed by atoms with Gasteiger partial charge in [-0.2, -0.15) is 0 Å². The van der Waals surface area contributed by atoms with Crippen molar-refractivity contribution in [1.29, 1.82) is 0 Å². The molecule has 4 fully saturated rings. The lowest BCUT2D eigenvalue weighted by molar-refractivity contribution is 0.0629. The fourth-order valence-corrected chi connectivity index (χ4v) is 18.8. The van der Waals surface area contributed by atoms with E-state index in [0.717, 1.165) is 80.5 Å². The molecule has 9 aromatic carbocycles. The topological polar surface area (TPSA) is 397 Å². The molecular weight excluding hydrogens is 1640 g/mol. The van der Waals surface area contributed by atoms with Crippen LogP contribution in [0.4, 0.5) is 4.39 Å². The number of thiophene rings is 1. The summed E-state index contributed by atoms with van der Waals surface area (Å²) in [7, 11) is 7.63. The Balaban J connectivity index is 0.000000131. The Morgan fingerprint density at radius 2 is 0.787 bits per heavy atom. The Morgan fingerprint density at radius 1 is 0.409 bits per heavy atom. The van der Waals surface area contributed by atoms with E-state index in [1.54, 1.807) is 48.7 Å². The monoisotopic (exact) mass is 1740 g/mol. The molecule has 0 radical (unpaired) electrons. The number of β-amino-alcohol motifs (C(OH)–C–C–N with tert-alkyl or cyclic N) is 4. The third kappa shape index (κ3) is 18.6. The minimum absolute atomic E-state index is 0.00619. The number of phenols is 8. The lowest BCUT2D eigenvalue weighted by Gasteiger charge is -2.34. The molecule has 13 N–H and O–H groups in total. The second-order valence-corrected chi connectivity index (χ2v) is 34.6. The Bertz CT molecular complexity index is 6860. The zero-order valence-corrected chi connectivity index (χ0v) is 71.6. The number of aliphatic hydroxyl groups is 5. The average molecular weight is 1740 g/mol. The standard InChI is InChI=1S/C31H27NO5.C24H25NO5.C23H22FNO5.C22H25NO6S/c1-32-13-12-24(28(36)17-32)29-26(34)16-27(35)30-25(33)15-20(37-31(29)30)10-11-23-21-8-4-2-6-18(21)14-19-7-3-5-9-22(19)23;1-14-4-3-5-15(10-14)6-7-16-11-18(26)23-20(28)12-19(27)22(24(23)30-16)17-8-9-25(2)13-21(17)29;1-25-9-8-15(20(29)12-25)21-18(27)11-19(28)22-17(26)10-14(30-23(21)22)7-6-13-4-2-3-5-16(13)24;1-10-6-12(9-30-10)20(27)17-11(2)29-22-18(13-4-5-23(3)8-16(13)26)14(24)7-15(25)19(22)21(17)28/h2-11,14-16,24,28,34-36H,12-13,17H2,1H3;3-7,10-12,17,21,27-29H,8-9,13H2,1-2H3;2-7,10-11,15,20,27-29H,8-9,12H2,1H3;6-7,9,13,16,20,24-27H,4-5,8H2,1-3H3/b11-10+;2*7-6+;. The molecule has 4 aliphatic heterocycles. The average Bonchev–Trinajstić information content (AvgIpc) is 1.17. The van der Waals surface area contributed by atoms with Crippen LogP contribution >= 0.6 is 11.3 Å². The number of hydrogen-bond donors (Lipinski definition) is 13. The predicted octanol–water partition coefficient (Wildman–Crippen LogP) is 15.0. The van der Waals surface area contributed by atoms with Gasteiger partial charge in [-0.3, -0.25) is 19.2 Å². The van der Waals surface area contributed by atoms with Crippen LogP contribution in [0.1, 0.15) is 139 Å². The van der Waals surface area contributed by atoms with Crippen LogP contribution in [0.15, 0.2) is 194 Å². The minimum atomic E-state index is -1.19. The van der Waals surface area contributed by atoms with E-state index < -0.39 is 93.2 Å².